The summed E-state index contributed by atoms with van der Waals surface area (Å²) >= 11 is 1.88. The highest BCUT2D eigenvalue weighted by molar-refractivity contribution is 7.26. The Morgan fingerprint density at radius 3 is 1.20 bits per heavy atom. The first-order chi connectivity index (χ1) is 34.7. The summed E-state index contributed by atoms with van der Waals surface area (Å²) in [5, 5.41) is 2.61. The molecule has 2 heteroatoms. The minimum absolute atomic E-state index is 0.551. The number of nitrogens with zero attached hydrogens (tertiary/aromatic N) is 1. The van der Waals surface area contributed by atoms with Crippen LogP contribution in [0.25, 0.3) is 53.6 Å². The van der Waals surface area contributed by atoms with Crippen molar-refractivity contribution in [1.29, 1.82) is 0 Å². The topological polar surface area (TPSA) is 3.24 Å². The van der Waals surface area contributed by atoms with Gasteiger partial charge in [-0.3, -0.25) is 0 Å². The minimum Gasteiger partial charge on any atom is -0.310 e. The van der Waals surface area contributed by atoms with Gasteiger partial charge in [-0.05, 0) is 120 Å². The quantitative estimate of drug-likeness (QED) is 0.147. The van der Waals surface area contributed by atoms with Crippen molar-refractivity contribution in [2.75, 3.05) is 4.90 Å². The lowest BCUT2D eigenvalue weighted by Crippen LogP contribution is -2.29. The molecule has 1 heterocycles. The second-order valence-corrected chi connectivity index (χ2v) is 19.7. The molecule has 14 rings (SSSR count). The zero-order chi connectivity index (χ0) is 46.2. The fourth-order valence-corrected chi connectivity index (χ4v) is 13.6. The lowest BCUT2D eigenvalue weighted by molar-refractivity contribution is 0.767. The number of rotatable bonds is 8. The molecule has 0 atom stereocenters. The summed E-state index contributed by atoms with van der Waals surface area (Å²) in [5.74, 6) is 0. The Labute approximate surface area is 412 Å². The van der Waals surface area contributed by atoms with Crippen LogP contribution in [0.3, 0.4) is 0 Å². The highest BCUT2D eigenvalue weighted by atomic mass is 32.1. The van der Waals surface area contributed by atoms with Crippen molar-refractivity contribution in [3.63, 3.8) is 0 Å². The molecule has 0 fully saturated rings. The monoisotopic (exact) mass is 907 g/mol. The number of hydrogen-bond donors (Lipinski definition) is 0. The minimum atomic E-state index is -0.551. The van der Waals surface area contributed by atoms with Gasteiger partial charge < -0.3 is 4.90 Å². The van der Waals surface area contributed by atoms with Crippen molar-refractivity contribution in [3.05, 3.63) is 317 Å². The molecule has 12 aromatic rings. The first-order valence-corrected chi connectivity index (χ1v) is 25.1. The molecule has 0 radical (unpaired) electrons. The van der Waals surface area contributed by atoms with Gasteiger partial charge in [0, 0.05) is 37.2 Å². The van der Waals surface area contributed by atoms with Crippen molar-refractivity contribution >= 4 is 48.6 Å². The molecule has 0 bridgehead atoms. The van der Waals surface area contributed by atoms with Gasteiger partial charge in [0.25, 0.3) is 0 Å². The summed E-state index contributed by atoms with van der Waals surface area (Å²) in [6, 6.07) is 102. The lowest BCUT2D eigenvalue weighted by Gasteiger charge is -2.36. The van der Waals surface area contributed by atoms with Gasteiger partial charge in [-0.15, -0.1) is 11.3 Å². The number of fused-ring (bicyclic) bond motifs is 9. The molecule has 70 heavy (non-hydrogen) atoms. The fraction of sp³-hybridized carbons (Fsp3) is 0.0294. The van der Waals surface area contributed by atoms with Crippen molar-refractivity contribution in [2.24, 2.45) is 0 Å². The van der Waals surface area contributed by atoms with E-state index in [9.17, 15) is 0 Å². The maximum atomic E-state index is 2.52. The molecule has 0 amide bonds. The number of hydrogen-bond acceptors (Lipinski definition) is 2. The molecule has 0 N–H and O–H groups in total. The van der Waals surface area contributed by atoms with Crippen LogP contribution >= 0.6 is 11.3 Å². The van der Waals surface area contributed by atoms with E-state index in [4.69, 9.17) is 0 Å². The van der Waals surface area contributed by atoms with Crippen molar-refractivity contribution < 1.29 is 0 Å². The SMILES string of the molecule is c1ccc(C2(c3ccccc3)c3ccccc3-c3ccc(N(c4cccc(-c5cccc6c5sc5ccccc56)c4)c4ccc5c(c4)C(c4ccccc4)(c4ccccc4)c4ccccc4-5)cc32)cc1. The number of thiophene rings is 1. The summed E-state index contributed by atoms with van der Waals surface area (Å²) in [6.45, 7) is 0. The molecule has 1 nitrogen and oxygen atoms in total. The van der Waals surface area contributed by atoms with Crippen LogP contribution in [-0.4, -0.2) is 0 Å². The van der Waals surface area contributed by atoms with Crippen LogP contribution in [0.2, 0.25) is 0 Å². The van der Waals surface area contributed by atoms with Crippen LogP contribution in [-0.2, 0) is 10.8 Å². The second kappa shape index (κ2) is 16.0. The van der Waals surface area contributed by atoms with Crippen molar-refractivity contribution in [1.82, 2.24) is 0 Å². The van der Waals surface area contributed by atoms with Crippen LogP contribution in [0.15, 0.2) is 273 Å². The third kappa shape index (κ3) is 5.84. The Hall–Kier alpha value is -8.56. The van der Waals surface area contributed by atoms with Crippen LogP contribution in [0.5, 0.6) is 0 Å². The Morgan fingerprint density at radius 1 is 0.271 bits per heavy atom. The Balaban J connectivity index is 1.05. The molecule has 0 aliphatic heterocycles. The number of anilines is 3. The molecule has 2 aliphatic carbocycles. The zero-order valence-electron chi connectivity index (χ0n) is 38.3. The maximum absolute atomic E-state index is 2.52. The third-order valence-electron chi connectivity index (χ3n) is 15.2. The van der Waals surface area contributed by atoms with Gasteiger partial charge in [-0.1, -0.05) is 231 Å². The largest absolute Gasteiger partial charge is 0.310 e. The summed E-state index contributed by atoms with van der Waals surface area (Å²) in [5.41, 5.74) is 19.8. The molecule has 328 valence electrons. The predicted octanol–water partition coefficient (Wildman–Crippen LogP) is 17.9. The third-order valence-corrected chi connectivity index (χ3v) is 16.4. The second-order valence-electron chi connectivity index (χ2n) is 18.7. The van der Waals surface area contributed by atoms with E-state index in [0.717, 1.165) is 17.1 Å². The van der Waals surface area contributed by atoms with Gasteiger partial charge in [0.15, 0.2) is 0 Å². The first-order valence-electron chi connectivity index (χ1n) is 24.2. The van der Waals surface area contributed by atoms with E-state index >= 15 is 0 Å². The van der Waals surface area contributed by atoms with E-state index in [0.29, 0.717) is 0 Å². The van der Waals surface area contributed by atoms with Crippen LogP contribution < -0.4 is 4.90 Å². The van der Waals surface area contributed by atoms with Gasteiger partial charge in [0.1, 0.15) is 0 Å². The van der Waals surface area contributed by atoms with Crippen LogP contribution in [0.4, 0.5) is 17.1 Å². The molecule has 0 spiro atoms. The highest BCUT2D eigenvalue weighted by Gasteiger charge is 2.48. The molecule has 11 aromatic carbocycles. The molecular weight excluding hydrogens is 863 g/mol. The average Bonchev–Trinajstić information content (AvgIpc) is 4.07. The zero-order valence-corrected chi connectivity index (χ0v) is 39.2. The standard InChI is InChI=1S/C68H45NS/c1-5-22-47(23-6-1)67(48-24-7-2-8-25-48)61-36-16-13-31-55(61)57-41-39-52(44-63(57)67)69(51-30-19-21-46(43-51)54-34-20-35-60-59-33-15-18-38-65(59)70-66(54)60)53-40-42-58-56-32-14-17-37-62(56)68(64(58)45-53,49-26-9-3-10-27-49)50-28-11-4-12-29-50/h1-45H. The van der Waals surface area contributed by atoms with Gasteiger partial charge in [-0.2, -0.15) is 0 Å². The van der Waals surface area contributed by atoms with E-state index in [1.807, 2.05) is 11.3 Å². The van der Waals surface area contributed by atoms with E-state index in [-0.39, 0.29) is 0 Å². The summed E-state index contributed by atoms with van der Waals surface area (Å²) in [7, 11) is 0. The van der Waals surface area contributed by atoms with Crippen molar-refractivity contribution in [3.8, 4) is 33.4 Å². The molecule has 2 aliphatic rings. The van der Waals surface area contributed by atoms with E-state index in [1.54, 1.807) is 0 Å². The maximum Gasteiger partial charge on any atom is 0.0714 e. The van der Waals surface area contributed by atoms with Gasteiger partial charge >= 0.3 is 0 Å². The van der Waals surface area contributed by atoms with Gasteiger partial charge in [-0.25, -0.2) is 0 Å². The number of benzene rings is 11. The molecule has 0 saturated carbocycles. The molecule has 1 aromatic heterocycles. The van der Waals surface area contributed by atoms with Crippen LogP contribution in [0.1, 0.15) is 44.5 Å². The average molecular weight is 908 g/mol. The highest BCUT2D eigenvalue weighted by Crippen LogP contribution is 2.60. The van der Waals surface area contributed by atoms with Gasteiger partial charge in [0.05, 0.1) is 10.8 Å². The van der Waals surface area contributed by atoms with Crippen molar-refractivity contribution in [2.45, 2.75) is 10.8 Å². The fourth-order valence-electron chi connectivity index (χ4n) is 12.4. The summed E-state index contributed by atoms with van der Waals surface area (Å²) < 4.78 is 2.62. The summed E-state index contributed by atoms with van der Waals surface area (Å²) in [6.07, 6.45) is 0. The Kier molecular flexibility index (Phi) is 9.27. The van der Waals surface area contributed by atoms with Gasteiger partial charge in [0.2, 0.25) is 0 Å². The first kappa shape index (κ1) is 40.5. The lowest BCUT2D eigenvalue weighted by atomic mass is 9.67. The van der Waals surface area contributed by atoms with E-state index in [2.05, 4.69) is 278 Å². The normalized spacial score (nSPS) is 13.7. The summed E-state index contributed by atoms with van der Waals surface area (Å²) in [4.78, 5) is 2.52. The van der Waals surface area contributed by atoms with Crippen LogP contribution in [0, 0.1) is 0 Å². The molecular formula is C68H45NS. The molecule has 0 saturated heterocycles. The Bertz CT molecular complexity index is 3690. The van der Waals surface area contributed by atoms with E-state index < -0.39 is 10.8 Å². The van der Waals surface area contributed by atoms with E-state index in [1.165, 1.54) is 98.1 Å². The smallest absolute Gasteiger partial charge is 0.0714 e. The Morgan fingerprint density at radius 2 is 0.671 bits per heavy atom. The molecule has 0 unspecified atom stereocenters. The predicted molar refractivity (Wildman–Crippen MR) is 294 cm³/mol.